The van der Waals surface area contributed by atoms with Gasteiger partial charge in [-0.2, -0.15) is 0 Å². The maximum atomic E-state index is 11.5. The number of hydrogen-bond acceptors (Lipinski definition) is 5. The van der Waals surface area contributed by atoms with Crippen molar-refractivity contribution in [1.82, 2.24) is 10.2 Å². The van der Waals surface area contributed by atoms with Gasteiger partial charge in [0.05, 0.1) is 16.4 Å². The van der Waals surface area contributed by atoms with E-state index in [4.69, 9.17) is 10.1 Å². The molecule has 1 aliphatic rings. The molecule has 2 aromatic rings. The number of rotatable bonds is 5. The van der Waals surface area contributed by atoms with E-state index in [1.807, 2.05) is 13.0 Å². The highest BCUT2D eigenvalue weighted by molar-refractivity contribution is 14.0. The third kappa shape index (κ3) is 6.06. The molecule has 1 aromatic carbocycles. The van der Waals surface area contributed by atoms with E-state index >= 15 is 0 Å². The van der Waals surface area contributed by atoms with Crippen LogP contribution in [-0.4, -0.2) is 52.0 Å². The number of primary sulfonamides is 1. The molecule has 1 aliphatic heterocycles. The maximum absolute atomic E-state index is 11.5. The normalized spacial score (nSPS) is 15.3. The van der Waals surface area contributed by atoms with Crippen LogP contribution in [0.25, 0.3) is 0 Å². The number of sulfonamides is 1. The second-order valence-corrected chi connectivity index (χ2v) is 8.78. The molecule has 0 atom stereocenters. The summed E-state index contributed by atoms with van der Waals surface area (Å²) < 4.78 is 23.0. The zero-order chi connectivity index (χ0) is 19.3. The SMILES string of the molecule is CCNC(=NCc1cccc(S(N)(=O)=O)c1)N1CCN(c2cccs2)CC1.I. The molecule has 10 heteroatoms. The van der Waals surface area contributed by atoms with Gasteiger partial charge in [-0.3, -0.25) is 0 Å². The lowest BCUT2D eigenvalue weighted by molar-refractivity contribution is 0.373. The molecule has 0 radical (unpaired) electrons. The fourth-order valence-corrected chi connectivity index (χ4v) is 4.37. The quantitative estimate of drug-likeness (QED) is 0.349. The topological polar surface area (TPSA) is 91.0 Å². The summed E-state index contributed by atoms with van der Waals surface area (Å²) in [6, 6.07) is 10.9. The van der Waals surface area contributed by atoms with E-state index < -0.39 is 10.0 Å². The van der Waals surface area contributed by atoms with Crippen LogP contribution < -0.4 is 15.4 Å². The minimum absolute atomic E-state index is 0. The van der Waals surface area contributed by atoms with Crippen LogP contribution in [0, 0.1) is 0 Å². The molecule has 154 valence electrons. The smallest absolute Gasteiger partial charge is 0.238 e. The standard InChI is InChI=1S/C18H25N5O2S2.HI/c1-2-20-18(21-14-15-5-3-6-16(13-15)27(19,24)25)23-10-8-22(9-11-23)17-7-4-12-26-17;/h3-7,12-13H,2,8-11,14H2,1H3,(H,20,21)(H2,19,24,25);1H. The van der Waals surface area contributed by atoms with Crippen LogP contribution in [0.3, 0.4) is 0 Å². The van der Waals surface area contributed by atoms with E-state index in [9.17, 15) is 8.42 Å². The molecular formula is C18H26IN5O2S2. The zero-order valence-electron chi connectivity index (χ0n) is 15.7. The fraction of sp³-hybridized carbons (Fsp3) is 0.389. The maximum Gasteiger partial charge on any atom is 0.238 e. The lowest BCUT2D eigenvalue weighted by Gasteiger charge is -2.37. The molecule has 0 bridgehead atoms. The summed E-state index contributed by atoms with van der Waals surface area (Å²) in [7, 11) is -3.70. The molecule has 28 heavy (non-hydrogen) atoms. The highest BCUT2D eigenvalue weighted by atomic mass is 127. The largest absolute Gasteiger partial charge is 0.360 e. The Kier molecular flexibility index (Phi) is 8.53. The van der Waals surface area contributed by atoms with Crippen LogP contribution in [0.15, 0.2) is 51.7 Å². The van der Waals surface area contributed by atoms with Crippen molar-refractivity contribution in [2.24, 2.45) is 10.1 Å². The van der Waals surface area contributed by atoms with Gasteiger partial charge in [0, 0.05) is 32.7 Å². The van der Waals surface area contributed by atoms with Crippen molar-refractivity contribution in [3.63, 3.8) is 0 Å². The van der Waals surface area contributed by atoms with Crippen LogP contribution in [0.1, 0.15) is 12.5 Å². The van der Waals surface area contributed by atoms with E-state index in [-0.39, 0.29) is 28.9 Å². The predicted molar refractivity (Wildman–Crippen MR) is 126 cm³/mol. The number of guanidine groups is 1. The summed E-state index contributed by atoms with van der Waals surface area (Å²) in [4.78, 5) is 9.45. The monoisotopic (exact) mass is 535 g/mol. The van der Waals surface area contributed by atoms with Crippen molar-refractivity contribution in [3.05, 3.63) is 47.3 Å². The van der Waals surface area contributed by atoms with E-state index in [0.29, 0.717) is 6.54 Å². The molecule has 1 fully saturated rings. The van der Waals surface area contributed by atoms with Crippen LogP contribution in [0.5, 0.6) is 0 Å². The van der Waals surface area contributed by atoms with Gasteiger partial charge in [0.1, 0.15) is 0 Å². The van der Waals surface area contributed by atoms with Crippen molar-refractivity contribution in [2.45, 2.75) is 18.4 Å². The minimum atomic E-state index is -3.70. The number of thiophene rings is 1. The predicted octanol–water partition coefficient (Wildman–Crippen LogP) is 2.30. The Labute approximate surface area is 187 Å². The highest BCUT2D eigenvalue weighted by Crippen LogP contribution is 2.22. The van der Waals surface area contributed by atoms with Crippen molar-refractivity contribution in [1.29, 1.82) is 0 Å². The van der Waals surface area contributed by atoms with E-state index in [0.717, 1.165) is 44.2 Å². The third-order valence-electron chi connectivity index (χ3n) is 4.37. The van der Waals surface area contributed by atoms with Gasteiger partial charge in [0.2, 0.25) is 10.0 Å². The number of nitrogens with zero attached hydrogens (tertiary/aromatic N) is 3. The number of nitrogens with two attached hydrogens (primary N) is 1. The van der Waals surface area contributed by atoms with Crippen molar-refractivity contribution < 1.29 is 8.42 Å². The van der Waals surface area contributed by atoms with E-state index in [2.05, 4.69) is 32.6 Å². The molecule has 1 aromatic heterocycles. The Morgan fingerprint density at radius 2 is 1.96 bits per heavy atom. The van der Waals surface area contributed by atoms with Gasteiger partial charge in [-0.05, 0) is 42.1 Å². The summed E-state index contributed by atoms with van der Waals surface area (Å²) >= 11 is 1.76. The van der Waals surface area contributed by atoms with Gasteiger partial charge in [0.25, 0.3) is 0 Å². The van der Waals surface area contributed by atoms with Gasteiger partial charge in [0.15, 0.2) is 5.96 Å². The zero-order valence-corrected chi connectivity index (χ0v) is 19.7. The first kappa shape index (κ1) is 22.9. The number of hydrogen-bond donors (Lipinski definition) is 2. The Hall–Kier alpha value is -1.37. The number of aliphatic imine (C=N–C) groups is 1. The molecule has 0 saturated carbocycles. The van der Waals surface area contributed by atoms with Crippen LogP contribution in [0.4, 0.5) is 5.00 Å². The number of nitrogens with one attached hydrogen (secondary N) is 1. The van der Waals surface area contributed by atoms with Crippen molar-refractivity contribution >= 4 is 56.3 Å². The van der Waals surface area contributed by atoms with Crippen molar-refractivity contribution in [2.75, 3.05) is 37.6 Å². The number of benzene rings is 1. The van der Waals surface area contributed by atoms with Crippen LogP contribution >= 0.6 is 35.3 Å². The van der Waals surface area contributed by atoms with Gasteiger partial charge in [-0.25, -0.2) is 18.5 Å². The van der Waals surface area contributed by atoms with E-state index in [1.165, 1.54) is 11.1 Å². The number of piperazine rings is 1. The summed E-state index contributed by atoms with van der Waals surface area (Å²) in [5.74, 6) is 0.851. The average Bonchev–Trinajstić information content (AvgIpc) is 3.20. The Morgan fingerprint density at radius 1 is 1.21 bits per heavy atom. The van der Waals surface area contributed by atoms with Gasteiger partial charge >= 0.3 is 0 Å². The molecule has 0 amide bonds. The van der Waals surface area contributed by atoms with E-state index in [1.54, 1.807) is 23.5 Å². The van der Waals surface area contributed by atoms with Gasteiger partial charge in [-0.1, -0.05) is 12.1 Å². The Balaban J connectivity index is 0.00000280. The molecule has 0 aliphatic carbocycles. The number of anilines is 1. The summed E-state index contributed by atoms with van der Waals surface area (Å²) in [5, 5.41) is 11.9. The number of halogens is 1. The lowest BCUT2D eigenvalue weighted by atomic mass is 10.2. The first-order chi connectivity index (χ1) is 13.0. The Morgan fingerprint density at radius 3 is 2.57 bits per heavy atom. The van der Waals surface area contributed by atoms with Gasteiger partial charge in [-0.15, -0.1) is 35.3 Å². The molecule has 2 heterocycles. The van der Waals surface area contributed by atoms with Gasteiger partial charge < -0.3 is 15.1 Å². The van der Waals surface area contributed by atoms with Crippen molar-refractivity contribution in [3.8, 4) is 0 Å². The second-order valence-electron chi connectivity index (χ2n) is 6.29. The Bertz CT molecular complexity index is 879. The van der Waals surface area contributed by atoms with Crippen LogP contribution in [0.2, 0.25) is 0 Å². The molecule has 3 N–H and O–H groups in total. The first-order valence-corrected chi connectivity index (χ1v) is 11.3. The molecular weight excluding hydrogens is 509 g/mol. The molecule has 1 saturated heterocycles. The summed E-state index contributed by atoms with van der Waals surface area (Å²) in [6.45, 7) is 6.90. The van der Waals surface area contributed by atoms with Crippen LogP contribution in [-0.2, 0) is 16.6 Å². The summed E-state index contributed by atoms with van der Waals surface area (Å²) in [6.07, 6.45) is 0. The minimum Gasteiger partial charge on any atom is -0.360 e. The molecule has 0 unspecified atom stereocenters. The highest BCUT2D eigenvalue weighted by Gasteiger charge is 2.20. The fourth-order valence-electron chi connectivity index (χ4n) is 3.00. The lowest BCUT2D eigenvalue weighted by Crippen LogP contribution is -2.52. The second kappa shape index (κ2) is 10.4. The molecule has 0 spiro atoms. The first-order valence-electron chi connectivity index (χ1n) is 8.91. The molecule has 7 nitrogen and oxygen atoms in total. The average molecular weight is 535 g/mol. The molecule has 3 rings (SSSR count). The third-order valence-corrected chi connectivity index (χ3v) is 6.21. The summed E-state index contributed by atoms with van der Waals surface area (Å²) in [5.41, 5.74) is 0.814.